The smallest absolute Gasteiger partial charge is 0.0959 e. The number of hydrogen-bond donors (Lipinski definition) is 1. The van der Waals surface area contributed by atoms with E-state index >= 15 is 0 Å². The van der Waals surface area contributed by atoms with Gasteiger partial charge in [0.25, 0.3) is 0 Å². The van der Waals surface area contributed by atoms with Crippen molar-refractivity contribution in [3.05, 3.63) is 35.7 Å². The van der Waals surface area contributed by atoms with Crippen LogP contribution in [0.1, 0.15) is 11.3 Å². The van der Waals surface area contributed by atoms with Crippen LogP contribution in [0, 0.1) is 13.8 Å². The van der Waals surface area contributed by atoms with Gasteiger partial charge in [-0.15, -0.1) is 0 Å². The largest absolute Gasteiger partial charge is 0.275 e. The second-order valence-corrected chi connectivity index (χ2v) is 3.88. The highest BCUT2D eigenvalue weighted by Crippen LogP contribution is 2.23. The molecule has 2 aromatic heterocycles. The second-order valence-electron chi connectivity index (χ2n) is 3.88. The van der Waals surface area contributed by atoms with Crippen molar-refractivity contribution in [1.29, 1.82) is 0 Å². The highest BCUT2D eigenvalue weighted by Gasteiger charge is 2.06. The molecule has 1 N–H and O–H groups in total. The first kappa shape index (κ1) is 8.41. The number of aromatic amines is 1. The summed E-state index contributed by atoms with van der Waals surface area (Å²) in [4.78, 5) is 4.45. The standard InChI is InChI=1S/C12H11N3/c1-7-5-9-3-4-10-8(2)14-15-12(10)11(9)13-6-7/h3-6H,1-2H3,(H,14,15). The third-order valence-corrected chi connectivity index (χ3v) is 2.71. The van der Waals surface area contributed by atoms with Crippen LogP contribution in [0.3, 0.4) is 0 Å². The fourth-order valence-corrected chi connectivity index (χ4v) is 1.93. The SMILES string of the molecule is Cc1cnc2c(ccc3c(C)n[nH]c32)c1. The lowest BCUT2D eigenvalue weighted by atomic mass is 10.1. The molecule has 15 heavy (non-hydrogen) atoms. The average Bonchev–Trinajstić information content (AvgIpc) is 2.60. The van der Waals surface area contributed by atoms with Gasteiger partial charge < -0.3 is 0 Å². The zero-order valence-corrected chi connectivity index (χ0v) is 8.70. The van der Waals surface area contributed by atoms with Gasteiger partial charge in [-0.1, -0.05) is 12.1 Å². The van der Waals surface area contributed by atoms with Gasteiger partial charge in [0.05, 0.1) is 16.7 Å². The number of aromatic nitrogens is 3. The Morgan fingerprint density at radius 2 is 2.07 bits per heavy atom. The summed E-state index contributed by atoms with van der Waals surface area (Å²) in [6.45, 7) is 4.05. The van der Waals surface area contributed by atoms with Gasteiger partial charge in [0.2, 0.25) is 0 Å². The quantitative estimate of drug-likeness (QED) is 0.602. The molecule has 0 aliphatic carbocycles. The molecule has 0 radical (unpaired) electrons. The molecule has 0 aliphatic rings. The van der Waals surface area contributed by atoms with Crippen LogP contribution in [0.15, 0.2) is 24.4 Å². The van der Waals surface area contributed by atoms with Crippen molar-refractivity contribution in [2.24, 2.45) is 0 Å². The first-order chi connectivity index (χ1) is 7.25. The second kappa shape index (κ2) is 2.79. The number of aryl methyl sites for hydroxylation is 2. The molecule has 3 nitrogen and oxygen atoms in total. The number of fused-ring (bicyclic) bond motifs is 3. The van der Waals surface area contributed by atoms with Gasteiger partial charge in [0, 0.05) is 17.0 Å². The zero-order valence-electron chi connectivity index (χ0n) is 8.70. The normalized spacial score (nSPS) is 11.3. The fraction of sp³-hybridized carbons (Fsp3) is 0.167. The van der Waals surface area contributed by atoms with Gasteiger partial charge in [-0.25, -0.2) is 0 Å². The van der Waals surface area contributed by atoms with Crippen molar-refractivity contribution in [2.75, 3.05) is 0 Å². The molecule has 0 saturated carbocycles. The van der Waals surface area contributed by atoms with Gasteiger partial charge in [0.15, 0.2) is 0 Å². The Bertz CT molecular complexity index is 652. The maximum atomic E-state index is 4.45. The van der Waals surface area contributed by atoms with Crippen LogP contribution in [-0.4, -0.2) is 15.2 Å². The molecule has 0 atom stereocenters. The molecule has 74 valence electrons. The molecule has 0 aliphatic heterocycles. The number of pyridine rings is 1. The lowest BCUT2D eigenvalue weighted by Gasteiger charge is -1.99. The summed E-state index contributed by atoms with van der Waals surface area (Å²) in [7, 11) is 0. The molecule has 2 heterocycles. The molecule has 0 unspecified atom stereocenters. The molecule has 3 heteroatoms. The third kappa shape index (κ3) is 1.13. The summed E-state index contributed by atoms with van der Waals surface area (Å²) >= 11 is 0. The van der Waals surface area contributed by atoms with E-state index < -0.39 is 0 Å². The van der Waals surface area contributed by atoms with Gasteiger partial charge in [0.1, 0.15) is 0 Å². The summed E-state index contributed by atoms with van der Waals surface area (Å²) in [6.07, 6.45) is 1.89. The van der Waals surface area contributed by atoms with Crippen LogP contribution in [0.2, 0.25) is 0 Å². The number of hydrogen-bond acceptors (Lipinski definition) is 2. The van der Waals surface area contributed by atoms with E-state index in [9.17, 15) is 0 Å². The van der Waals surface area contributed by atoms with Crippen LogP contribution in [0.25, 0.3) is 21.8 Å². The Hall–Kier alpha value is -1.90. The third-order valence-electron chi connectivity index (χ3n) is 2.71. The molecule has 0 bridgehead atoms. The van der Waals surface area contributed by atoms with E-state index in [1.54, 1.807) is 0 Å². The van der Waals surface area contributed by atoms with Gasteiger partial charge >= 0.3 is 0 Å². The molecule has 0 saturated heterocycles. The first-order valence-corrected chi connectivity index (χ1v) is 4.96. The van der Waals surface area contributed by atoms with Crippen molar-refractivity contribution in [3.8, 4) is 0 Å². The highest BCUT2D eigenvalue weighted by molar-refractivity contribution is 6.03. The van der Waals surface area contributed by atoms with E-state index in [2.05, 4.69) is 40.3 Å². The summed E-state index contributed by atoms with van der Waals surface area (Å²) in [5.74, 6) is 0. The van der Waals surface area contributed by atoms with Crippen molar-refractivity contribution in [2.45, 2.75) is 13.8 Å². The summed E-state index contributed by atoms with van der Waals surface area (Å²) in [5, 5.41) is 9.55. The number of benzene rings is 1. The predicted octanol–water partition coefficient (Wildman–Crippen LogP) is 2.73. The van der Waals surface area contributed by atoms with Crippen LogP contribution < -0.4 is 0 Å². The van der Waals surface area contributed by atoms with Crippen LogP contribution in [-0.2, 0) is 0 Å². The molecule has 3 aromatic rings. The van der Waals surface area contributed by atoms with Crippen LogP contribution in [0.5, 0.6) is 0 Å². The monoisotopic (exact) mass is 197 g/mol. The number of rotatable bonds is 0. The molecular weight excluding hydrogens is 186 g/mol. The predicted molar refractivity (Wildman–Crippen MR) is 60.9 cm³/mol. The lowest BCUT2D eigenvalue weighted by molar-refractivity contribution is 1.07. The van der Waals surface area contributed by atoms with Crippen molar-refractivity contribution in [1.82, 2.24) is 15.2 Å². The minimum Gasteiger partial charge on any atom is -0.275 e. The van der Waals surface area contributed by atoms with E-state index in [4.69, 9.17) is 0 Å². The van der Waals surface area contributed by atoms with E-state index in [0.717, 1.165) is 27.5 Å². The minimum absolute atomic E-state index is 0.999. The average molecular weight is 197 g/mol. The Kier molecular flexibility index (Phi) is 1.57. The van der Waals surface area contributed by atoms with E-state index in [1.165, 1.54) is 5.56 Å². The van der Waals surface area contributed by atoms with E-state index in [-0.39, 0.29) is 0 Å². The molecule has 3 rings (SSSR count). The zero-order chi connectivity index (χ0) is 10.4. The minimum atomic E-state index is 0.999. The van der Waals surface area contributed by atoms with Crippen molar-refractivity contribution >= 4 is 21.8 Å². The summed E-state index contributed by atoms with van der Waals surface area (Å²) < 4.78 is 0. The lowest BCUT2D eigenvalue weighted by Crippen LogP contribution is -1.82. The molecule has 0 amide bonds. The van der Waals surface area contributed by atoms with E-state index in [0.29, 0.717) is 0 Å². The highest BCUT2D eigenvalue weighted by atomic mass is 15.1. The van der Waals surface area contributed by atoms with Crippen LogP contribution in [0.4, 0.5) is 0 Å². The maximum absolute atomic E-state index is 4.45. The van der Waals surface area contributed by atoms with E-state index in [1.807, 2.05) is 13.1 Å². The Morgan fingerprint density at radius 3 is 2.93 bits per heavy atom. The van der Waals surface area contributed by atoms with Crippen molar-refractivity contribution < 1.29 is 0 Å². The number of H-pyrrole nitrogens is 1. The van der Waals surface area contributed by atoms with Crippen molar-refractivity contribution in [3.63, 3.8) is 0 Å². The first-order valence-electron chi connectivity index (χ1n) is 4.96. The van der Waals surface area contributed by atoms with Gasteiger partial charge in [-0.3, -0.25) is 10.1 Å². The fourth-order valence-electron chi connectivity index (χ4n) is 1.93. The molecular formula is C12H11N3. The van der Waals surface area contributed by atoms with Crippen LogP contribution >= 0.6 is 0 Å². The number of nitrogens with one attached hydrogen (secondary N) is 1. The number of nitrogens with zero attached hydrogens (tertiary/aromatic N) is 2. The molecule has 1 aromatic carbocycles. The Morgan fingerprint density at radius 1 is 1.20 bits per heavy atom. The summed E-state index contributed by atoms with van der Waals surface area (Å²) in [6, 6.07) is 6.33. The van der Waals surface area contributed by atoms with Gasteiger partial charge in [-0.05, 0) is 25.5 Å². The molecule has 0 fully saturated rings. The Labute approximate surface area is 87.1 Å². The topological polar surface area (TPSA) is 41.6 Å². The molecule has 0 spiro atoms. The summed E-state index contributed by atoms with van der Waals surface area (Å²) in [5.41, 5.74) is 4.23. The maximum Gasteiger partial charge on any atom is 0.0959 e. The Balaban J connectivity index is 2.55. The van der Waals surface area contributed by atoms with Gasteiger partial charge in [-0.2, -0.15) is 5.10 Å².